The SMILES string of the molecule is C=C(C)C(=O)OCC1CC2CC1C1C3CC(CO)C(C3)C21. The molecule has 8 atom stereocenters. The molecule has 1 N–H and O–H groups in total. The van der Waals surface area contributed by atoms with Crippen molar-refractivity contribution in [3.05, 3.63) is 12.2 Å². The van der Waals surface area contributed by atoms with E-state index >= 15 is 0 Å². The molecule has 0 aliphatic heterocycles. The van der Waals surface area contributed by atoms with E-state index in [-0.39, 0.29) is 5.97 Å². The molecule has 3 heteroatoms. The summed E-state index contributed by atoms with van der Waals surface area (Å²) in [5.41, 5.74) is 0.502. The van der Waals surface area contributed by atoms with Crippen LogP contribution in [0.5, 0.6) is 0 Å². The molecule has 4 aliphatic carbocycles. The molecule has 4 aliphatic rings. The van der Waals surface area contributed by atoms with Gasteiger partial charge in [0.1, 0.15) is 0 Å². The Labute approximate surface area is 126 Å². The van der Waals surface area contributed by atoms with Crippen molar-refractivity contribution in [3.8, 4) is 0 Å². The summed E-state index contributed by atoms with van der Waals surface area (Å²) >= 11 is 0. The van der Waals surface area contributed by atoms with E-state index in [4.69, 9.17) is 4.74 Å². The van der Waals surface area contributed by atoms with Crippen LogP contribution in [-0.2, 0) is 9.53 Å². The minimum Gasteiger partial charge on any atom is -0.462 e. The number of hydrogen-bond acceptors (Lipinski definition) is 3. The van der Waals surface area contributed by atoms with Crippen molar-refractivity contribution in [2.75, 3.05) is 13.2 Å². The van der Waals surface area contributed by atoms with E-state index in [2.05, 4.69) is 6.58 Å². The van der Waals surface area contributed by atoms with Crippen LogP contribution in [0.25, 0.3) is 0 Å². The Morgan fingerprint density at radius 3 is 2.24 bits per heavy atom. The smallest absolute Gasteiger partial charge is 0.333 e. The van der Waals surface area contributed by atoms with E-state index in [0.717, 1.165) is 35.5 Å². The summed E-state index contributed by atoms with van der Waals surface area (Å²) in [5, 5.41) is 9.56. The summed E-state index contributed by atoms with van der Waals surface area (Å²) in [6.07, 6.45) is 5.17. The van der Waals surface area contributed by atoms with Gasteiger partial charge < -0.3 is 9.84 Å². The standard InChI is InChI=1S/C18H26O3/c1-9(2)18(20)21-8-13-4-11-6-15(13)17-10-3-12(7-19)14(5-10)16(11)17/h10-17,19H,1,3-8H2,2H3. The maximum Gasteiger partial charge on any atom is 0.333 e. The molecule has 0 amide bonds. The first-order valence-corrected chi connectivity index (χ1v) is 8.53. The van der Waals surface area contributed by atoms with Gasteiger partial charge in [-0.05, 0) is 80.0 Å². The predicted octanol–water partition coefficient (Wildman–Crippen LogP) is 2.64. The fraction of sp³-hybridized carbons (Fsp3) is 0.833. The van der Waals surface area contributed by atoms with Crippen molar-refractivity contribution < 1.29 is 14.6 Å². The van der Waals surface area contributed by atoms with Gasteiger partial charge in [-0.3, -0.25) is 0 Å². The van der Waals surface area contributed by atoms with Gasteiger partial charge in [-0.25, -0.2) is 4.79 Å². The molecule has 0 aromatic heterocycles. The van der Waals surface area contributed by atoms with Gasteiger partial charge in [0, 0.05) is 12.2 Å². The number of rotatable bonds is 4. The zero-order chi connectivity index (χ0) is 14.7. The van der Waals surface area contributed by atoms with Crippen LogP contribution in [0.15, 0.2) is 12.2 Å². The quantitative estimate of drug-likeness (QED) is 0.492. The first-order valence-electron chi connectivity index (χ1n) is 8.53. The maximum absolute atomic E-state index is 11.6. The number of aliphatic hydroxyl groups is 1. The molecule has 0 aromatic carbocycles. The molecule has 4 rings (SSSR count). The lowest BCUT2D eigenvalue weighted by molar-refractivity contribution is -0.141. The second kappa shape index (κ2) is 4.84. The Hall–Kier alpha value is -0.830. The molecule has 0 radical (unpaired) electrons. The molecule has 21 heavy (non-hydrogen) atoms. The van der Waals surface area contributed by atoms with Crippen LogP contribution < -0.4 is 0 Å². The van der Waals surface area contributed by atoms with Crippen LogP contribution in [0.1, 0.15) is 32.6 Å². The van der Waals surface area contributed by atoms with Crippen LogP contribution in [0.3, 0.4) is 0 Å². The number of ether oxygens (including phenoxy) is 1. The molecule has 4 saturated carbocycles. The second-order valence-corrected chi connectivity index (χ2v) is 8.03. The van der Waals surface area contributed by atoms with E-state index in [9.17, 15) is 9.90 Å². The van der Waals surface area contributed by atoms with Crippen molar-refractivity contribution >= 4 is 5.97 Å². The minimum atomic E-state index is -0.234. The molecule has 8 unspecified atom stereocenters. The molecule has 3 nitrogen and oxygen atoms in total. The highest BCUT2D eigenvalue weighted by molar-refractivity contribution is 5.86. The molecule has 4 bridgehead atoms. The number of fused-ring (bicyclic) bond motifs is 9. The average molecular weight is 290 g/mol. The largest absolute Gasteiger partial charge is 0.462 e. The van der Waals surface area contributed by atoms with Gasteiger partial charge in [-0.1, -0.05) is 6.58 Å². The highest BCUT2D eigenvalue weighted by Gasteiger charge is 2.64. The van der Waals surface area contributed by atoms with Gasteiger partial charge in [-0.2, -0.15) is 0 Å². The van der Waals surface area contributed by atoms with Crippen LogP contribution >= 0.6 is 0 Å². The highest BCUT2D eigenvalue weighted by atomic mass is 16.5. The third kappa shape index (κ3) is 1.93. The van der Waals surface area contributed by atoms with Crippen LogP contribution in [0.2, 0.25) is 0 Å². The third-order valence-corrected chi connectivity index (χ3v) is 7.11. The van der Waals surface area contributed by atoms with Crippen molar-refractivity contribution in [3.63, 3.8) is 0 Å². The van der Waals surface area contributed by atoms with Crippen LogP contribution in [0, 0.1) is 47.3 Å². The van der Waals surface area contributed by atoms with Crippen LogP contribution in [0.4, 0.5) is 0 Å². The van der Waals surface area contributed by atoms with E-state index in [1.165, 1.54) is 25.7 Å². The Kier molecular flexibility index (Phi) is 3.18. The fourth-order valence-corrected chi connectivity index (χ4v) is 6.58. The molecule has 0 spiro atoms. The van der Waals surface area contributed by atoms with Crippen molar-refractivity contribution in [2.45, 2.75) is 32.6 Å². The topological polar surface area (TPSA) is 46.5 Å². The molecule has 4 fully saturated rings. The summed E-state index contributed by atoms with van der Waals surface area (Å²) in [4.78, 5) is 11.6. The lowest BCUT2D eigenvalue weighted by atomic mass is 9.65. The summed E-state index contributed by atoms with van der Waals surface area (Å²) < 4.78 is 5.43. The predicted molar refractivity (Wildman–Crippen MR) is 79.2 cm³/mol. The zero-order valence-corrected chi connectivity index (χ0v) is 12.8. The van der Waals surface area contributed by atoms with Crippen molar-refractivity contribution in [1.29, 1.82) is 0 Å². The maximum atomic E-state index is 11.6. The molecule has 0 aromatic rings. The number of aliphatic hydroxyl groups excluding tert-OH is 1. The average Bonchev–Trinajstić information content (AvgIpc) is 3.20. The van der Waals surface area contributed by atoms with Crippen molar-refractivity contribution in [2.24, 2.45) is 47.3 Å². The lowest BCUT2D eigenvalue weighted by Crippen LogP contribution is -2.38. The second-order valence-electron chi connectivity index (χ2n) is 8.03. The number of carbonyl (C=O) groups excluding carboxylic acids is 1. The Morgan fingerprint density at radius 1 is 1.10 bits per heavy atom. The Balaban J connectivity index is 1.42. The van der Waals surface area contributed by atoms with Gasteiger partial charge in [0.15, 0.2) is 0 Å². The first kappa shape index (κ1) is 13.8. The van der Waals surface area contributed by atoms with E-state index in [1.54, 1.807) is 6.92 Å². The number of esters is 1. The van der Waals surface area contributed by atoms with Crippen LogP contribution in [-0.4, -0.2) is 24.3 Å². The van der Waals surface area contributed by atoms with E-state index in [0.29, 0.717) is 30.6 Å². The summed E-state index contributed by atoms with van der Waals surface area (Å²) in [6.45, 7) is 6.35. The zero-order valence-electron chi connectivity index (χ0n) is 12.8. The summed E-state index contributed by atoms with van der Waals surface area (Å²) in [6, 6.07) is 0. The van der Waals surface area contributed by atoms with Gasteiger partial charge in [0.2, 0.25) is 0 Å². The van der Waals surface area contributed by atoms with Gasteiger partial charge in [0.05, 0.1) is 6.61 Å². The van der Waals surface area contributed by atoms with Gasteiger partial charge in [0.25, 0.3) is 0 Å². The minimum absolute atomic E-state index is 0.234. The summed E-state index contributed by atoms with van der Waals surface area (Å²) in [5.74, 6) is 5.89. The number of hydrogen-bond donors (Lipinski definition) is 1. The highest BCUT2D eigenvalue weighted by Crippen LogP contribution is 2.69. The van der Waals surface area contributed by atoms with E-state index in [1.807, 2.05) is 0 Å². The normalized spacial score (nSPS) is 49.4. The summed E-state index contributed by atoms with van der Waals surface area (Å²) in [7, 11) is 0. The first-order chi connectivity index (χ1) is 10.1. The lowest BCUT2D eigenvalue weighted by Gasteiger charge is -2.41. The molecule has 0 saturated heterocycles. The fourth-order valence-electron chi connectivity index (χ4n) is 6.58. The Morgan fingerprint density at radius 2 is 1.67 bits per heavy atom. The van der Waals surface area contributed by atoms with Gasteiger partial charge in [-0.15, -0.1) is 0 Å². The molecule has 116 valence electrons. The van der Waals surface area contributed by atoms with Crippen molar-refractivity contribution in [1.82, 2.24) is 0 Å². The third-order valence-electron chi connectivity index (χ3n) is 7.11. The monoisotopic (exact) mass is 290 g/mol. The Bertz CT molecular complexity index is 471. The van der Waals surface area contributed by atoms with E-state index < -0.39 is 0 Å². The molecular weight excluding hydrogens is 264 g/mol. The number of carbonyl (C=O) groups is 1. The van der Waals surface area contributed by atoms with Gasteiger partial charge >= 0.3 is 5.97 Å². The molecule has 0 heterocycles. The molecular formula is C18H26O3.